The molecular weight excluding hydrogens is 410 g/mol. The number of benzene rings is 2. The van der Waals surface area contributed by atoms with Crippen molar-refractivity contribution in [3.05, 3.63) is 82.6 Å². The van der Waals surface area contributed by atoms with Crippen LogP contribution in [0, 0.1) is 6.92 Å². The molecule has 1 aliphatic rings. The number of nitrogens with zero attached hydrogens (tertiary/aromatic N) is 2. The van der Waals surface area contributed by atoms with Gasteiger partial charge in [0.15, 0.2) is 0 Å². The summed E-state index contributed by atoms with van der Waals surface area (Å²) in [5, 5.41) is 0.346. The van der Waals surface area contributed by atoms with Crippen molar-refractivity contribution in [3.63, 3.8) is 0 Å². The fourth-order valence-electron chi connectivity index (χ4n) is 3.38. The van der Waals surface area contributed by atoms with Gasteiger partial charge in [0.1, 0.15) is 0 Å². The Kier molecular flexibility index (Phi) is 5.02. The van der Waals surface area contributed by atoms with Crippen molar-refractivity contribution < 1.29 is 13.2 Å². The molecule has 2 heterocycles. The van der Waals surface area contributed by atoms with Crippen LogP contribution in [0.25, 0.3) is 0 Å². The van der Waals surface area contributed by atoms with Crippen molar-refractivity contribution in [1.82, 2.24) is 4.98 Å². The molecule has 3 aromatic rings. The summed E-state index contributed by atoms with van der Waals surface area (Å²) in [7, 11) is -3.82. The van der Waals surface area contributed by atoms with Crippen LogP contribution in [0.1, 0.15) is 21.5 Å². The van der Waals surface area contributed by atoms with Gasteiger partial charge in [-0.2, -0.15) is 0 Å². The van der Waals surface area contributed by atoms with Crippen LogP contribution in [-0.2, 0) is 16.4 Å². The SMILES string of the molecule is Cc1ccc(Cl)cc1S(=O)(=O)Nc1ccc2c(c1)N(C(=O)c1ccncc1)CC2. The van der Waals surface area contributed by atoms with Crippen LogP contribution in [0.5, 0.6) is 0 Å². The van der Waals surface area contributed by atoms with Gasteiger partial charge in [-0.3, -0.25) is 14.5 Å². The predicted molar refractivity (Wildman–Crippen MR) is 113 cm³/mol. The number of halogens is 1. The number of pyridine rings is 1. The van der Waals surface area contributed by atoms with Gasteiger partial charge in [-0.1, -0.05) is 23.7 Å². The smallest absolute Gasteiger partial charge is 0.262 e. The number of hydrogen-bond acceptors (Lipinski definition) is 4. The second-order valence-electron chi connectivity index (χ2n) is 6.80. The predicted octanol–water partition coefficient (Wildman–Crippen LogP) is 4.05. The van der Waals surface area contributed by atoms with Crippen LogP contribution >= 0.6 is 11.6 Å². The molecule has 0 saturated heterocycles. The van der Waals surface area contributed by atoms with E-state index in [0.717, 1.165) is 5.56 Å². The molecule has 1 aliphatic heterocycles. The fourth-order valence-corrected chi connectivity index (χ4v) is 4.94. The minimum atomic E-state index is -3.82. The lowest BCUT2D eigenvalue weighted by Crippen LogP contribution is -2.28. The second-order valence-corrected chi connectivity index (χ2v) is 8.89. The second kappa shape index (κ2) is 7.50. The van der Waals surface area contributed by atoms with Gasteiger partial charge >= 0.3 is 0 Å². The van der Waals surface area contributed by atoms with Crippen molar-refractivity contribution in [2.75, 3.05) is 16.2 Å². The van der Waals surface area contributed by atoms with Crippen LogP contribution in [0.2, 0.25) is 5.02 Å². The standard InChI is InChI=1S/C21H18ClN3O3S/c1-14-2-4-17(22)12-20(14)29(27,28)24-18-5-3-15-8-11-25(19(15)13-18)21(26)16-6-9-23-10-7-16/h2-7,9-10,12-13,24H,8,11H2,1H3. The summed E-state index contributed by atoms with van der Waals surface area (Å²) < 4.78 is 28.3. The highest BCUT2D eigenvalue weighted by molar-refractivity contribution is 7.92. The molecule has 2 aromatic carbocycles. The maximum Gasteiger partial charge on any atom is 0.262 e. The van der Waals surface area contributed by atoms with Crippen LogP contribution < -0.4 is 9.62 Å². The zero-order chi connectivity index (χ0) is 20.6. The largest absolute Gasteiger partial charge is 0.308 e. The molecule has 0 bridgehead atoms. The number of amides is 1. The van der Waals surface area contributed by atoms with Crippen molar-refractivity contribution in [1.29, 1.82) is 0 Å². The lowest BCUT2D eigenvalue weighted by Gasteiger charge is -2.18. The molecule has 6 nitrogen and oxygen atoms in total. The third-order valence-corrected chi connectivity index (χ3v) is 6.60. The molecule has 148 valence electrons. The Morgan fingerprint density at radius 2 is 1.86 bits per heavy atom. The van der Waals surface area contributed by atoms with Gasteiger partial charge in [0, 0.05) is 35.2 Å². The molecule has 0 atom stereocenters. The summed E-state index contributed by atoms with van der Waals surface area (Å²) in [6.45, 7) is 2.25. The van der Waals surface area contributed by atoms with Gasteiger partial charge in [-0.05, 0) is 60.9 Å². The first-order chi connectivity index (χ1) is 13.8. The third kappa shape index (κ3) is 3.83. The highest BCUT2D eigenvalue weighted by atomic mass is 35.5. The minimum Gasteiger partial charge on any atom is -0.308 e. The van der Waals surface area contributed by atoms with Crippen molar-refractivity contribution in [2.45, 2.75) is 18.2 Å². The molecule has 0 radical (unpaired) electrons. The first-order valence-electron chi connectivity index (χ1n) is 8.99. The average Bonchev–Trinajstić information content (AvgIpc) is 3.12. The Hall–Kier alpha value is -2.90. The number of hydrogen-bond donors (Lipinski definition) is 1. The van der Waals surface area contributed by atoms with Crippen LogP contribution in [0.4, 0.5) is 11.4 Å². The zero-order valence-corrected chi connectivity index (χ0v) is 17.2. The van der Waals surface area contributed by atoms with E-state index in [1.54, 1.807) is 60.6 Å². The summed E-state index contributed by atoms with van der Waals surface area (Å²) in [5.74, 6) is -0.142. The number of aryl methyl sites for hydroxylation is 1. The van der Waals surface area contributed by atoms with Crippen molar-refractivity contribution in [2.24, 2.45) is 0 Å². The van der Waals surface area contributed by atoms with Crippen molar-refractivity contribution in [3.8, 4) is 0 Å². The topological polar surface area (TPSA) is 79.4 Å². The Balaban J connectivity index is 1.65. The quantitative estimate of drug-likeness (QED) is 0.681. The van der Waals surface area contributed by atoms with Crippen LogP contribution in [0.15, 0.2) is 65.8 Å². The molecule has 4 rings (SSSR count). The molecule has 0 fully saturated rings. The number of carbonyl (C=O) groups excluding carboxylic acids is 1. The van der Waals surface area contributed by atoms with Gasteiger partial charge in [0.2, 0.25) is 0 Å². The Bertz CT molecular complexity index is 1200. The normalized spacial score (nSPS) is 13.2. The van der Waals surface area contributed by atoms with Gasteiger partial charge in [0.25, 0.3) is 15.9 Å². The van der Waals surface area contributed by atoms with E-state index < -0.39 is 10.0 Å². The van der Waals surface area contributed by atoms with E-state index >= 15 is 0 Å². The average molecular weight is 428 g/mol. The van der Waals surface area contributed by atoms with E-state index in [4.69, 9.17) is 11.6 Å². The Morgan fingerprint density at radius 1 is 1.10 bits per heavy atom. The minimum absolute atomic E-state index is 0.121. The number of anilines is 2. The van der Waals surface area contributed by atoms with Gasteiger partial charge < -0.3 is 4.90 Å². The van der Waals surface area contributed by atoms with E-state index in [0.29, 0.717) is 40.5 Å². The fraction of sp³-hybridized carbons (Fsp3) is 0.143. The number of fused-ring (bicyclic) bond motifs is 1. The molecule has 1 amide bonds. The van der Waals surface area contributed by atoms with Gasteiger partial charge in [-0.15, -0.1) is 0 Å². The maximum atomic E-state index is 12.9. The lowest BCUT2D eigenvalue weighted by atomic mass is 10.1. The summed E-state index contributed by atoms with van der Waals surface area (Å²) >= 11 is 5.97. The van der Waals surface area contributed by atoms with Crippen LogP contribution in [-0.4, -0.2) is 25.9 Å². The molecule has 1 aromatic heterocycles. The number of aromatic nitrogens is 1. The third-order valence-electron chi connectivity index (χ3n) is 4.85. The Morgan fingerprint density at radius 3 is 2.62 bits per heavy atom. The number of rotatable bonds is 4. The maximum absolute atomic E-state index is 12.9. The molecule has 8 heteroatoms. The molecule has 0 unspecified atom stereocenters. The molecule has 29 heavy (non-hydrogen) atoms. The monoisotopic (exact) mass is 427 g/mol. The summed E-state index contributed by atoms with van der Waals surface area (Å²) in [6, 6.07) is 13.3. The first-order valence-corrected chi connectivity index (χ1v) is 10.8. The van der Waals surface area contributed by atoms with Crippen LogP contribution in [0.3, 0.4) is 0 Å². The first kappa shape index (κ1) is 19.4. The molecular formula is C21H18ClN3O3S. The number of carbonyl (C=O) groups is 1. The number of nitrogens with one attached hydrogen (secondary N) is 1. The summed E-state index contributed by atoms with van der Waals surface area (Å²) in [6.07, 6.45) is 3.86. The molecule has 0 spiro atoms. The molecule has 1 N–H and O–H groups in total. The van der Waals surface area contributed by atoms with Gasteiger partial charge in [-0.25, -0.2) is 8.42 Å². The van der Waals surface area contributed by atoms with E-state index in [-0.39, 0.29) is 10.8 Å². The molecule has 0 aliphatic carbocycles. The lowest BCUT2D eigenvalue weighted by molar-refractivity contribution is 0.0989. The number of sulfonamides is 1. The zero-order valence-electron chi connectivity index (χ0n) is 15.6. The highest BCUT2D eigenvalue weighted by Gasteiger charge is 2.26. The summed E-state index contributed by atoms with van der Waals surface area (Å²) in [5.41, 5.74) is 3.22. The molecule has 0 saturated carbocycles. The van der Waals surface area contributed by atoms with Gasteiger partial charge in [0.05, 0.1) is 10.6 Å². The Labute approximate surface area is 174 Å². The van der Waals surface area contributed by atoms with E-state index in [2.05, 4.69) is 9.71 Å². The van der Waals surface area contributed by atoms with E-state index in [1.807, 2.05) is 6.07 Å². The highest BCUT2D eigenvalue weighted by Crippen LogP contribution is 2.33. The van der Waals surface area contributed by atoms with E-state index in [9.17, 15) is 13.2 Å². The van der Waals surface area contributed by atoms with E-state index in [1.165, 1.54) is 6.07 Å². The summed E-state index contributed by atoms with van der Waals surface area (Å²) in [4.78, 5) is 18.6. The van der Waals surface area contributed by atoms with Crippen molar-refractivity contribution >= 4 is 38.9 Å².